The molecule has 2 aromatic carbocycles. The summed E-state index contributed by atoms with van der Waals surface area (Å²) in [4.78, 5) is 25.5. The number of ketones is 1. The highest BCUT2D eigenvalue weighted by molar-refractivity contribution is 7.99. The Kier molecular flexibility index (Phi) is 6.04. The molecule has 0 fully saturated rings. The van der Waals surface area contributed by atoms with Crippen LogP contribution in [0.4, 0.5) is 4.39 Å². The van der Waals surface area contributed by atoms with E-state index in [0.717, 1.165) is 18.2 Å². The van der Waals surface area contributed by atoms with Crippen LogP contribution in [0.1, 0.15) is 59.0 Å². The normalized spacial score (nSPS) is 15.3. The van der Waals surface area contributed by atoms with Gasteiger partial charge in [-0.3, -0.25) is 4.79 Å². The largest absolute Gasteiger partial charge is 0.462 e. The zero-order chi connectivity index (χ0) is 20.3. The molecular formula is C23H23FO3S. The number of benzene rings is 2. The summed E-state index contributed by atoms with van der Waals surface area (Å²) in [6.45, 7) is 6.30. The van der Waals surface area contributed by atoms with Gasteiger partial charge in [-0.05, 0) is 72.6 Å². The molecule has 0 saturated heterocycles. The van der Waals surface area contributed by atoms with Gasteiger partial charge in [-0.25, -0.2) is 9.18 Å². The fraction of sp³-hybridized carbons (Fsp3) is 0.304. The van der Waals surface area contributed by atoms with Crippen LogP contribution in [0.3, 0.4) is 0 Å². The van der Waals surface area contributed by atoms with Gasteiger partial charge in [0.2, 0.25) is 0 Å². The number of allylic oxidation sites excluding steroid dienone is 1. The van der Waals surface area contributed by atoms with Gasteiger partial charge in [0.15, 0.2) is 5.78 Å². The molecule has 1 heterocycles. The average molecular weight is 398 g/mol. The lowest BCUT2D eigenvalue weighted by Crippen LogP contribution is -2.23. The smallest absolute Gasteiger partial charge is 0.338 e. The molecule has 3 rings (SSSR count). The minimum Gasteiger partial charge on any atom is -0.462 e. The number of thioether (sulfide) groups is 1. The molecule has 0 radical (unpaired) electrons. The highest BCUT2D eigenvalue weighted by Crippen LogP contribution is 2.41. The van der Waals surface area contributed by atoms with E-state index in [4.69, 9.17) is 4.74 Å². The van der Waals surface area contributed by atoms with Crippen molar-refractivity contribution in [1.82, 2.24) is 0 Å². The summed E-state index contributed by atoms with van der Waals surface area (Å²) in [6.07, 6.45) is 3.87. The molecule has 0 aromatic heterocycles. The molecule has 3 nitrogen and oxygen atoms in total. The molecular weight excluding hydrogens is 375 g/mol. The van der Waals surface area contributed by atoms with Gasteiger partial charge in [-0.2, -0.15) is 0 Å². The summed E-state index contributed by atoms with van der Waals surface area (Å²) >= 11 is 1.81. The fourth-order valence-electron chi connectivity index (χ4n) is 3.15. The second-order valence-corrected chi connectivity index (χ2v) is 8.48. The Labute approximate surface area is 169 Å². The van der Waals surface area contributed by atoms with Crippen LogP contribution in [0, 0.1) is 5.82 Å². The number of hydrogen-bond acceptors (Lipinski definition) is 4. The third kappa shape index (κ3) is 4.36. The van der Waals surface area contributed by atoms with Crippen LogP contribution in [0.5, 0.6) is 0 Å². The van der Waals surface area contributed by atoms with Crippen LogP contribution in [0.2, 0.25) is 0 Å². The second kappa shape index (κ2) is 8.31. The number of ether oxygens (including phenoxy) is 1. The lowest BCUT2D eigenvalue weighted by molar-refractivity contribution is 0.0525. The molecule has 1 aliphatic heterocycles. The molecule has 28 heavy (non-hydrogen) atoms. The summed E-state index contributed by atoms with van der Waals surface area (Å²) in [5, 5.41) is 0. The standard InChI is InChI=1S/C23H23FO3S/c1-4-27-22(26)17-6-5-15(19(24)14-17)7-9-20(25)16-8-10-21-18(13-16)23(2,3)11-12-28-21/h5-10,13-14H,4,11-12H2,1-3H3/b9-7+. The lowest BCUT2D eigenvalue weighted by Gasteiger charge is -2.32. The van der Waals surface area contributed by atoms with Gasteiger partial charge in [0.25, 0.3) is 0 Å². The minimum atomic E-state index is -0.572. The molecule has 2 aromatic rings. The van der Waals surface area contributed by atoms with Gasteiger partial charge < -0.3 is 4.74 Å². The van der Waals surface area contributed by atoms with E-state index in [2.05, 4.69) is 13.8 Å². The number of carbonyl (C=O) groups is 2. The van der Waals surface area contributed by atoms with Crippen LogP contribution in [-0.2, 0) is 10.2 Å². The van der Waals surface area contributed by atoms with E-state index in [1.54, 1.807) is 6.92 Å². The van der Waals surface area contributed by atoms with E-state index in [1.165, 1.54) is 34.7 Å². The molecule has 0 spiro atoms. The van der Waals surface area contributed by atoms with Crippen molar-refractivity contribution >= 4 is 29.6 Å². The molecule has 0 amide bonds. The summed E-state index contributed by atoms with van der Waals surface area (Å²) in [6, 6.07) is 9.85. The van der Waals surface area contributed by atoms with Gasteiger partial charge in [-0.1, -0.05) is 19.9 Å². The van der Waals surface area contributed by atoms with Crippen molar-refractivity contribution in [3.63, 3.8) is 0 Å². The molecule has 146 valence electrons. The van der Waals surface area contributed by atoms with Crippen molar-refractivity contribution in [3.05, 3.63) is 70.5 Å². The van der Waals surface area contributed by atoms with Crippen molar-refractivity contribution < 1.29 is 18.7 Å². The van der Waals surface area contributed by atoms with Crippen molar-refractivity contribution in [1.29, 1.82) is 0 Å². The SMILES string of the molecule is CCOC(=O)c1ccc(/C=C/C(=O)c2ccc3c(c2)C(C)(C)CCS3)c(F)c1. The zero-order valence-electron chi connectivity index (χ0n) is 16.3. The van der Waals surface area contributed by atoms with Crippen molar-refractivity contribution in [3.8, 4) is 0 Å². The third-order valence-corrected chi connectivity index (χ3v) is 5.98. The van der Waals surface area contributed by atoms with Crippen molar-refractivity contribution in [2.45, 2.75) is 37.5 Å². The molecule has 0 bridgehead atoms. The Morgan fingerprint density at radius 2 is 1.93 bits per heavy atom. The topological polar surface area (TPSA) is 43.4 Å². The molecule has 0 saturated carbocycles. The quantitative estimate of drug-likeness (QED) is 0.370. The summed E-state index contributed by atoms with van der Waals surface area (Å²) in [5.74, 6) is -0.239. The number of esters is 1. The Hall–Kier alpha value is -2.40. The second-order valence-electron chi connectivity index (χ2n) is 7.35. The highest BCUT2D eigenvalue weighted by Gasteiger charge is 2.28. The van der Waals surface area contributed by atoms with E-state index in [0.29, 0.717) is 5.56 Å². The molecule has 1 aliphatic rings. The van der Waals surface area contributed by atoms with Crippen molar-refractivity contribution in [2.75, 3.05) is 12.4 Å². The van der Waals surface area contributed by atoms with E-state index >= 15 is 0 Å². The summed E-state index contributed by atoms with van der Waals surface area (Å²) in [5.41, 5.74) is 2.21. The van der Waals surface area contributed by atoms with E-state index in [1.807, 2.05) is 30.0 Å². The Balaban J connectivity index is 1.80. The van der Waals surface area contributed by atoms with Crippen molar-refractivity contribution in [2.24, 2.45) is 0 Å². The Morgan fingerprint density at radius 3 is 2.64 bits per heavy atom. The fourth-order valence-corrected chi connectivity index (χ4v) is 4.64. The maximum atomic E-state index is 14.3. The molecule has 0 unspecified atom stereocenters. The first-order valence-corrected chi connectivity index (χ1v) is 10.3. The van der Waals surface area contributed by atoms with E-state index < -0.39 is 11.8 Å². The van der Waals surface area contributed by atoms with Gasteiger partial charge in [0.05, 0.1) is 12.2 Å². The maximum Gasteiger partial charge on any atom is 0.338 e. The maximum absolute atomic E-state index is 14.3. The third-order valence-electron chi connectivity index (χ3n) is 4.90. The molecule has 0 atom stereocenters. The predicted octanol–water partition coefficient (Wildman–Crippen LogP) is 5.67. The lowest BCUT2D eigenvalue weighted by atomic mass is 9.81. The monoisotopic (exact) mass is 398 g/mol. The summed E-state index contributed by atoms with van der Waals surface area (Å²) in [7, 11) is 0. The number of carbonyl (C=O) groups excluding carboxylic acids is 2. The van der Waals surface area contributed by atoms with Crippen LogP contribution in [0.25, 0.3) is 6.08 Å². The molecule has 0 aliphatic carbocycles. The molecule has 5 heteroatoms. The van der Waals surface area contributed by atoms with Crippen LogP contribution >= 0.6 is 11.8 Å². The predicted molar refractivity (Wildman–Crippen MR) is 111 cm³/mol. The average Bonchev–Trinajstić information content (AvgIpc) is 2.66. The number of rotatable bonds is 5. The molecule has 0 N–H and O–H groups in total. The van der Waals surface area contributed by atoms with Crippen LogP contribution in [-0.4, -0.2) is 24.1 Å². The van der Waals surface area contributed by atoms with Gasteiger partial charge in [0.1, 0.15) is 5.82 Å². The number of hydrogen-bond donors (Lipinski definition) is 0. The Bertz CT molecular complexity index is 947. The zero-order valence-corrected chi connectivity index (χ0v) is 17.1. The first-order chi connectivity index (χ1) is 13.3. The minimum absolute atomic E-state index is 0.0373. The Morgan fingerprint density at radius 1 is 1.18 bits per heavy atom. The van der Waals surface area contributed by atoms with Crippen LogP contribution in [0.15, 0.2) is 47.4 Å². The van der Waals surface area contributed by atoms with Gasteiger partial charge in [0, 0.05) is 16.0 Å². The number of fused-ring (bicyclic) bond motifs is 1. The van der Waals surface area contributed by atoms with Crippen LogP contribution < -0.4 is 0 Å². The van der Waals surface area contributed by atoms with E-state index in [9.17, 15) is 14.0 Å². The highest BCUT2D eigenvalue weighted by atomic mass is 32.2. The summed E-state index contributed by atoms with van der Waals surface area (Å²) < 4.78 is 19.1. The number of halogens is 1. The first kappa shape index (κ1) is 20.3. The van der Waals surface area contributed by atoms with E-state index in [-0.39, 0.29) is 28.9 Å². The van der Waals surface area contributed by atoms with Gasteiger partial charge >= 0.3 is 5.97 Å². The first-order valence-electron chi connectivity index (χ1n) is 9.28. The van der Waals surface area contributed by atoms with Gasteiger partial charge in [-0.15, -0.1) is 11.8 Å².